The lowest BCUT2D eigenvalue weighted by Gasteiger charge is -2.25. The molecule has 0 aromatic heterocycles. The van der Waals surface area contributed by atoms with Crippen LogP contribution >= 0.6 is 0 Å². The highest BCUT2D eigenvalue weighted by Crippen LogP contribution is 2.38. The summed E-state index contributed by atoms with van der Waals surface area (Å²) in [5, 5.41) is 0. The van der Waals surface area contributed by atoms with Crippen LogP contribution in [0.1, 0.15) is 33.4 Å². The summed E-state index contributed by atoms with van der Waals surface area (Å²) >= 11 is 0. The second kappa shape index (κ2) is 16.4. The van der Waals surface area contributed by atoms with Crippen molar-refractivity contribution in [3.8, 4) is 11.5 Å². The van der Waals surface area contributed by atoms with E-state index >= 15 is 0 Å². The normalized spacial score (nSPS) is 12.8. The van der Waals surface area contributed by atoms with Crippen LogP contribution in [0.15, 0.2) is 181 Å². The molecule has 0 unspecified atom stereocenters. The fraction of sp³-hybridized carbons (Fsp3) is 0.0870. The van der Waals surface area contributed by atoms with Gasteiger partial charge in [-0.1, -0.05) is 146 Å². The minimum absolute atomic E-state index is 0.0433. The summed E-state index contributed by atoms with van der Waals surface area (Å²) in [6.45, 7) is 0.976. The Labute approximate surface area is 303 Å². The van der Waals surface area contributed by atoms with Crippen LogP contribution in [-0.2, 0) is 45.5 Å². The molecule has 256 valence electrons. The van der Waals surface area contributed by atoms with Gasteiger partial charge in [0.25, 0.3) is 0 Å². The van der Waals surface area contributed by atoms with Crippen molar-refractivity contribution in [1.82, 2.24) is 0 Å². The Morgan fingerprint density at radius 1 is 0.308 bits per heavy atom. The van der Waals surface area contributed by atoms with Crippen LogP contribution in [-0.4, -0.2) is 11.6 Å². The molecule has 52 heavy (non-hydrogen) atoms. The predicted octanol–water partition coefficient (Wildman–Crippen LogP) is 9.55. The number of carbonyl (C=O) groups is 2. The van der Waals surface area contributed by atoms with E-state index in [2.05, 4.69) is 0 Å². The van der Waals surface area contributed by atoms with Crippen LogP contribution in [0.4, 0.5) is 0 Å². The Balaban J connectivity index is 1.23. The highest BCUT2D eigenvalue weighted by molar-refractivity contribution is 6.46. The SMILES string of the molecule is O=C1C(OCc2ccccc2)=C(c2ccc(OCc3ccccc3)cc2)C(=O)C(OCc2ccccc2)=C1c1ccc(OCc2ccccc2)cc1. The molecule has 0 N–H and O–H groups in total. The van der Waals surface area contributed by atoms with Gasteiger partial charge in [-0.05, 0) is 57.6 Å². The monoisotopic (exact) mass is 684 g/mol. The average molecular weight is 685 g/mol. The number of hydrogen-bond acceptors (Lipinski definition) is 6. The summed E-state index contributed by atoms with van der Waals surface area (Å²) in [4.78, 5) is 29.4. The molecule has 6 aromatic carbocycles. The number of allylic oxidation sites excluding steroid dienone is 2. The zero-order valence-electron chi connectivity index (χ0n) is 28.4. The Kier molecular flexibility index (Phi) is 10.6. The molecule has 0 atom stereocenters. The van der Waals surface area contributed by atoms with Gasteiger partial charge in [0.05, 0.1) is 11.1 Å². The minimum Gasteiger partial charge on any atom is -0.489 e. The Morgan fingerprint density at radius 3 is 0.865 bits per heavy atom. The fourth-order valence-electron chi connectivity index (χ4n) is 5.84. The smallest absolute Gasteiger partial charge is 0.232 e. The molecular weight excluding hydrogens is 649 g/mol. The van der Waals surface area contributed by atoms with E-state index in [1.807, 2.05) is 121 Å². The maximum atomic E-state index is 14.7. The molecule has 0 amide bonds. The van der Waals surface area contributed by atoms with E-state index in [0.717, 1.165) is 22.3 Å². The molecule has 0 fully saturated rings. The molecule has 6 nitrogen and oxygen atoms in total. The molecule has 6 heteroatoms. The maximum Gasteiger partial charge on any atom is 0.232 e. The van der Waals surface area contributed by atoms with Crippen molar-refractivity contribution in [3.05, 3.63) is 215 Å². The number of benzene rings is 6. The van der Waals surface area contributed by atoms with E-state index in [-0.39, 0.29) is 35.9 Å². The number of carbonyl (C=O) groups excluding carboxylic acids is 2. The van der Waals surface area contributed by atoms with Gasteiger partial charge in [0.2, 0.25) is 11.6 Å². The lowest BCUT2D eigenvalue weighted by molar-refractivity contribution is -0.118. The second-order valence-corrected chi connectivity index (χ2v) is 12.2. The zero-order chi connectivity index (χ0) is 35.5. The third-order valence-corrected chi connectivity index (χ3v) is 8.56. The summed E-state index contributed by atoms with van der Waals surface area (Å²) in [7, 11) is 0. The summed E-state index contributed by atoms with van der Waals surface area (Å²) in [6.07, 6.45) is 0. The second-order valence-electron chi connectivity index (χ2n) is 12.2. The van der Waals surface area contributed by atoms with Gasteiger partial charge in [0.15, 0.2) is 11.5 Å². The van der Waals surface area contributed by atoms with Crippen molar-refractivity contribution in [1.29, 1.82) is 0 Å². The molecule has 1 aliphatic carbocycles. The molecule has 0 saturated heterocycles. The first-order valence-electron chi connectivity index (χ1n) is 17.1. The summed E-state index contributed by atoms with van der Waals surface area (Å²) < 4.78 is 24.6. The molecule has 7 rings (SSSR count). The number of ether oxygens (including phenoxy) is 4. The Hall–Kier alpha value is -6.66. The van der Waals surface area contributed by atoms with Crippen molar-refractivity contribution in [2.75, 3.05) is 0 Å². The van der Waals surface area contributed by atoms with Crippen LogP contribution in [0.25, 0.3) is 11.1 Å². The van der Waals surface area contributed by atoms with Crippen molar-refractivity contribution in [2.45, 2.75) is 26.4 Å². The number of hydrogen-bond donors (Lipinski definition) is 0. The van der Waals surface area contributed by atoms with Gasteiger partial charge in [-0.3, -0.25) is 9.59 Å². The highest BCUT2D eigenvalue weighted by atomic mass is 16.5. The first-order chi connectivity index (χ1) is 25.6. The quantitative estimate of drug-likeness (QED) is 0.107. The van der Waals surface area contributed by atoms with Crippen LogP contribution in [0.3, 0.4) is 0 Å². The molecule has 0 saturated carbocycles. The van der Waals surface area contributed by atoms with Gasteiger partial charge in [0, 0.05) is 0 Å². The number of rotatable bonds is 14. The Bertz CT molecular complexity index is 2010. The number of Topliss-reactive ketones (excluding diaryl/α,β-unsaturated/α-hetero) is 2. The van der Waals surface area contributed by atoms with E-state index in [1.54, 1.807) is 48.5 Å². The van der Waals surface area contributed by atoms with Gasteiger partial charge in [0.1, 0.15) is 37.9 Å². The maximum absolute atomic E-state index is 14.7. The van der Waals surface area contributed by atoms with E-state index in [1.165, 1.54) is 0 Å². The Morgan fingerprint density at radius 2 is 0.577 bits per heavy atom. The van der Waals surface area contributed by atoms with Crippen LogP contribution in [0, 0.1) is 0 Å². The molecule has 0 heterocycles. The first kappa shape index (κ1) is 33.8. The molecule has 0 bridgehead atoms. The molecule has 0 radical (unpaired) electrons. The van der Waals surface area contributed by atoms with Crippen molar-refractivity contribution in [2.24, 2.45) is 0 Å². The standard InChI is InChI=1S/C46H36O6/c47-43-41(37-21-25-39(26-22-37)49-29-33-13-5-1-6-14-33)45(51-31-35-17-9-3-10-18-35)44(48)42(46(43)52-32-36-19-11-4-12-20-36)38-23-27-40(28-24-38)50-30-34-15-7-2-8-16-34/h1-28H,29-32H2. The topological polar surface area (TPSA) is 71.1 Å². The van der Waals surface area contributed by atoms with E-state index in [0.29, 0.717) is 35.8 Å². The highest BCUT2D eigenvalue weighted by Gasteiger charge is 2.39. The van der Waals surface area contributed by atoms with E-state index in [9.17, 15) is 9.59 Å². The van der Waals surface area contributed by atoms with Crippen molar-refractivity contribution in [3.63, 3.8) is 0 Å². The summed E-state index contributed by atoms with van der Waals surface area (Å²) in [5.74, 6) is 0.269. The molecular formula is C46H36O6. The molecule has 1 aliphatic rings. The average Bonchev–Trinajstić information content (AvgIpc) is 3.21. The zero-order valence-corrected chi connectivity index (χ0v) is 28.4. The van der Waals surface area contributed by atoms with Crippen molar-refractivity contribution < 1.29 is 28.5 Å². The molecule has 0 spiro atoms. The minimum atomic E-state index is -0.448. The molecule has 6 aromatic rings. The van der Waals surface area contributed by atoms with E-state index < -0.39 is 11.6 Å². The third-order valence-electron chi connectivity index (χ3n) is 8.56. The lowest BCUT2D eigenvalue weighted by Crippen LogP contribution is -2.25. The fourth-order valence-corrected chi connectivity index (χ4v) is 5.84. The third kappa shape index (κ3) is 8.20. The van der Waals surface area contributed by atoms with Gasteiger partial charge >= 0.3 is 0 Å². The van der Waals surface area contributed by atoms with Gasteiger partial charge in [-0.2, -0.15) is 0 Å². The summed E-state index contributed by atoms with van der Waals surface area (Å²) in [6, 6.07) is 53.0. The van der Waals surface area contributed by atoms with Gasteiger partial charge < -0.3 is 18.9 Å². The van der Waals surface area contributed by atoms with E-state index in [4.69, 9.17) is 18.9 Å². The van der Waals surface area contributed by atoms with Gasteiger partial charge in [-0.25, -0.2) is 0 Å². The van der Waals surface area contributed by atoms with Crippen LogP contribution in [0.2, 0.25) is 0 Å². The van der Waals surface area contributed by atoms with Crippen molar-refractivity contribution >= 4 is 22.7 Å². The largest absolute Gasteiger partial charge is 0.489 e. The predicted molar refractivity (Wildman–Crippen MR) is 201 cm³/mol. The lowest BCUT2D eigenvalue weighted by atomic mass is 9.86. The van der Waals surface area contributed by atoms with Crippen LogP contribution < -0.4 is 9.47 Å². The summed E-state index contributed by atoms with van der Waals surface area (Å²) in [5.41, 5.74) is 5.07. The van der Waals surface area contributed by atoms with Gasteiger partial charge in [-0.15, -0.1) is 0 Å². The first-order valence-corrected chi connectivity index (χ1v) is 17.1. The van der Waals surface area contributed by atoms with Crippen LogP contribution in [0.5, 0.6) is 11.5 Å². The molecule has 0 aliphatic heterocycles. The number of ketones is 2.